The molecule has 0 spiro atoms. The van der Waals surface area contributed by atoms with Gasteiger partial charge in [-0.15, -0.1) is 0 Å². The molecule has 98 valence electrons. The highest BCUT2D eigenvalue weighted by atomic mass is 32.2. The molecule has 1 unspecified atom stereocenters. The summed E-state index contributed by atoms with van der Waals surface area (Å²) in [6, 6.07) is 0.333. The van der Waals surface area contributed by atoms with Crippen LogP contribution in [-0.4, -0.2) is 17.0 Å². The monoisotopic (exact) mass is 253 g/mol. The SMILES string of the molecule is NC(CSC1CCCCC1)C1=CCCCCC1. The number of allylic oxidation sites excluding steroid dienone is 1. The quantitative estimate of drug-likeness (QED) is 0.757. The molecule has 0 bridgehead atoms. The fourth-order valence-electron chi connectivity index (χ4n) is 2.96. The Morgan fingerprint density at radius 1 is 1.12 bits per heavy atom. The van der Waals surface area contributed by atoms with Crippen molar-refractivity contribution in [2.45, 2.75) is 75.5 Å². The third-order valence-corrected chi connectivity index (χ3v) is 5.61. The van der Waals surface area contributed by atoms with Crippen molar-refractivity contribution in [1.29, 1.82) is 0 Å². The van der Waals surface area contributed by atoms with Crippen LogP contribution in [0.3, 0.4) is 0 Å². The van der Waals surface area contributed by atoms with E-state index in [9.17, 15) is 0 Å². The number of hydrogen-bond donors (Lipinski definition) is 1. The van der Waals surface area contributed by atoms with Crippen LogP contribution in [0.15, 0.2) is 11.6 Å². The van der Waals surface area contributed by atoms with Crippen LogP contribution in [0, 0.1) is 0 Å². The van der Waals surface area contributed by atoms with E-state index in [0.29, 0.717) is 6.04 Å². The molecular formula is C15H27NS. The van der Waals surface area contributed by atoms with Crippen LogP contribution in [0.2, 0.25) is 0 Å². The molecule has 0 aromatic heterocycles. The maximum Gasteiger partial charge on any atom is 0.0345 e. The standard InChI is InChI=1S/C15H27NS/c16-15(13-8-4-1-2-5-9-13)12-17-14-10-6-3-7-11-14/h8,14-15H,1-7,9-12,16H2. The van der Waals surface area contributed by atoms with E-state index in [1.807, 2.05) is 0 Å². The topological polar surface area (TPSA) is 26.0 Å². The van der Waals surface area contributed by atoms with Gasteiger partial charge in [-0.1, -0.05) is 37.3 Å². The number of rotatable bonds is 4. The van der Waals surface area contributed by atoms with Gasteiger partial charge in [0.1, 0.15) is 0 Å². The number of thioether (sulfide) groups is 1. The van der Waals surface area contributed by atoms with Gasteiger partial charge in [-0.2, -0.15) is 11.8 Å². The van der Waals surface area contributed by atoms with E-state index in [2.05, 4.69) is 17.8 Å². The molecule has 0 radical (unpaired) electrons. The third-order valence-electron chi connectivity index (χ3n) is 4.12. The van der Waals surface area contributed by atoms with Crippen LogP contribution in [-0.2, 0) is 0 Å². The van der Waals surface area contributed by atoms with Gasteiger partial charge in [0.25, 0.3) is 0 Å². The maximum absolute atomic E-state index is 6.35. The van der Waals surface area contributed by atoms with Crippen LogP contribution < -0.4 is 5.73 Å². The Hall–Kier alpha value is 0.0500. The average molecular weight is 253 g/mol. The Bertz CT molecular complexity index is 243. The molecule has 2 N–H and O–H groups in total. The second kappa shape index (κ2) is 7.48. The summed E-state index contributed by atoms with van der Waals surface area (Å²) in [5, 5.41) is 0.904. The van der Waals surface area contributed by atoms with Crippen molar-refractivity contribution in [3.05, 3.63) is 11.6 Å². The lowest BCUT2D eigenvalue weighted by atomic mass is 10.0. The molecule has 1 saturated carbocycles. The van der Waals surface area contributed by atoms with Gasteiger partial charge in [0.15, 0.2) is 0 Å². The summed E-state index contributed by atoms with van der Waals surface area (Å²) in [4.78, 5) is 0. The maximum atomic E-state index is 6.35. The molecule has 0 saturated heterocycles. The zero-order valence-electron chi connectivity index (χ0n) is 11.0. The number of hydrogen-bond acceptors (Lipinski definition) is 2. The molecule has 2 heteroatoms. The van der Waals surface area contributed by atoms with E-state index in [4.69, 9.17) is 5.73 Å². The minimum Gasteiger partial charge on any atom is -0.324 e. The third kappa shape index (κ3) is 4.67. The summed E-state index contributed by atoms with van der Waals surface area (Å²) in [5.74, 6) is 1.15. The second-order valence-electron chi connectivity index (χ2n) is 5.58. The molecule has 0 amide bonds. The molecule has 2 rings (SSSR count). The van der Waals surface area contributed by atoms with Crippen molar-refractivity contribution in [1.82, 2.24) is 0 Å². The first kappa shape index (κ1) is 13.5. The van der Waals surface area contributed by atoms with Crippen LogP contribution in [0.5, 0.6) is 0 Å². The Kier molecular flexibility index (Phi) is 5.93. The summed E-state index contributed by atoms with van der Waals surface area (Å²) in [5.41, 5.74) is 7.89. The van der Waals surface area contributed by atoms with Crippen molar-refractivity contribution in [2.75, 3.05) is 5.75 Å². The van der Waals surface area contributed by atoms with Crippen molar-refractivity contribution < 1.29 is 0 Å². The smallest absolute Gasteiger partial charge is 0.0345 e. The van der Waals surface area contributed by atoms with Gasteiger partial charge in [-0.05, 0) is 38.5 Å². The van der Waals surface area contributed by atoms with E-state index >= 15 is 0 Å². The molecule has 17 heavy (non-hydrogen) atoms. The first-order chi connectivity index (χ1) is 8.36. The zero-order valence-corrected chi connectivity index (χ0v) is 11.8. The molecule has 0 heterocycles. The van der Waals surface area contributed by atoms with E-state index in [1.54, 1.807) is 5.57 Å². The van der Waals surface area contributed by atoms with E-state index in [-0.39, 0.29) is 0 Å². The second-order valence-corrected chi connectivity index (χ2v) is 6.91. The van der Waals surface area contributed by atoms with Crippen LogP contribution in [0.1, 0.15) is 64.2 Å². The highest BCUT2D eigenvalue weighted by molar-refractivity contribution is 7.99. The van der Waals surface area contributed by atoms with Gasteiger partial charge in [0.2, 0.25) is 0 Å². The van der Waals surface area contributed by atoms with E-state index in [0.717, 1.165) is 11.0 Å². The molecule has 0 aromatic rings. The minimum absolute atomic E-state index is 0.333. The van der Waals surface area contributed by atoms with Crippen LogP contribution in [0.25, 0.3) is 0 Å². The average Bonchev–Trinajstić information content (AvgIpc) is 2.66. The van der Waals surface area contributed by atoms with Crippen LogP contribution in [0.4, 0.5) is 0 Å². The van der Waals surface area contributed by atoms with Gasteiger partial charge in [-0.25, -0.2) is 0 Å². The molecule has 0 aliphatic heterocycles. The molecule has 1 atom stereocenters. The molecule has 1 fully saturated rings. The minimum atomic E-state index is 0.333. The van der Waals surface area contributed by atoms with Gasteiger partial charge >= 0.3 is 0 Å². The molecule has 2 aliphatic carbocycles. The fourth-order valence-corrected chi connectivity index (χ4v) is 4.32. The predicted octanol–water partition coefficient (Wildman–Crippen LogP) is 4.27. The zero-order chi connectivity index (χ0) is 11.9. The summed E-state index contributed by atoms with van der Waals surface area (Å²) in [6.45, 7) is 0. The van der Waals surface area contributed by atoms with Crippen molar-refractivity contribution in [3.63, 3.8) is 0 Å². The summed E-state index contributed by atoms with van der Waals surface area (Å²) in [6.07, 6.45) is 16.2. The van der Waals surface area contributed by atoms with Gasteiger partial charge in [0, 0.05) is 17.0 Å². The first-order valence-electron chi connectivity index (χ1n) is 7.42. The van der Waals surface area contributed by atoms with Crippen molar-refractivity contribution in [3.8, 4) is 0 Å². The molecule has 1 nitrogen and oxygen atoms in total. The Morgan fingerprint density at radius 3 is 2.71 bits per heavy atom. The summed E-state index contributed by atoms with van der Waals surface area (Å²) >= 11 is 2.14. The Balaban J connectivity index is 1.71. The van der Waals surface area contributed by atoms with E-state index in [1.165, 1.54) is 64.2 Å². The van der Waals surface area contributed by atoms with E-state index < -0.39 is 0 Å². The Labute approximate surface area is 111 Å². The Morgan fingerprint density at radius 2 is 1.88 bits per heavy atom. The van der Waals surface area contributed by atoms with Gasteiger partial charge < -0.3 is 5.73 Å². The molecular weight excluding hydrogens is 226 g/mol. The lowest BCUT2D eigenvalue weighted by molar-refractivity contribution is 0.515. The lowest BCUT2D eigenvalue weighted by Gasteiger charge is -2.23. The summed E-state index contributed by atoms with van der Waals surface area (Å²) < 4.78 is 0. The molecule has 0 aromatic carbocycles. The first-order valence-corrected chi connectivity index (χ1v) is 8.47. The molecule has 2 aliphatic rings. The van der Waals surface area contributed by atoms with Gasteiger partial charge in [0.05, 0.1) is 0 Å². The fraction of sp³-hybridized carbons (Fsp3) is 0.867. The highest BCUT2D eigenvalue weighted by Crippen LogP contribution is 2.30. The largest absolute Gasteiger partial charge is 0.324 e. The van der Waals surface area contributed by atoms with Crippen molar-refractivity contribution >= 4 is 11.8 Å². The predicted molar refractivity (Wildman–Crippen MR) is 78.5 cm³/mol. The highest BCUT2D eigenvalue weighted by Gasteiger charge is 2.17. The van der Waals surface area contributed by atoms with Gasteiger partial charge in [-0.3, -0.25) is 0 Å². The summed E-state index contributed by atoms with van der Waals surface area (Å²) in [7, 11) is 0. The number of nitrogens with two attached hydrogens (primary N) is 1. The van der Waals surface area contributed by atoms with Crippen molar-refractivity contribution in [2.24, 2.45) is 5.73 Å². The lowest BCUT2D eigenvalue weighted by Crippen LogP contribution is -2.27. The van der Waals surface area contributed by atoms with Crippen LogP contribution >= 0.6 is 11.8 Å². The normalized spacial score (nSPS) is 25.1.